The molecule has 1 N–H and O–H groups in total. The van der Waals surface area contributed by atoms with Gasteiger partial charge in [-0.3, -0.25) is 14.4 Å². The molecule has 0 bridgehead atoms. The van der Waals surface area contributed by atoms with Crippen LogP contribution < -0.4 is 5.09 Å². The number of amides is 1. The van der Waals surface area contributed by atoms with Gasteiger partial charge in [0.05, 0.1) is 0 Å². The van der Waals surface area contributed by atoms with Crippen LogP contribution in [0.3, 0.4) is 0 Å². The Morgan fingerprint density at radius 2 is 1.37 bits per heavy atom. The van der Waals surface area contributed by atoms with Crippen LogP contribution in [0.25, 0.3) is 0 Å². The van der Waals surface area contributed by atoms with E-state index < -0.39 is 30.7 Å². The van der Waals surface area contributed by atoms with Gasteiger partial charge in [0, 0.05) is 26.2 Å². The summed E-state index contributed by atoms with van der Waals surface area (Å²) in [5.74, 6) is -1.77. The van der Waals surface area contributed by atoms with E-state index in [1.807, 2.05) is 9.34 Å². The van der Waals surface area contributed by atoms with Crippen molar-refractivity contribution in [2.24, 2.45) is 11.8 Å². The lowest BCUT2D eigenvalue weighted by Gasteiger charge is -2.43. The smallest absolute Gasteiger partial charge is 0.278 e. The number of benzene rings is 1. The molecule has 1 aromatic carbocycles. The first-order valence-corrected chi connectivity index (χ1v) is 11.3. The van der Waals surface area contributed by atoms with Gasteiger partial charge < -0.3 is 0 Å². The number of nitrogens with zero attached hydrogens (tertiary/aromatic N) is 2. The predicted molar refractivity (Wildman–Crippen MR) is 101 cm³/mol. The highest BCUT2D eigenvalue weighted by Gasteiger charge is 2.42. The number of piperidine rings is 2. The van der Waals surface area contributed by atoms with E-state index in [0.29, 0.717) is 38.0 Å². The van der Waals surface area contributed by atoms with Crippen molar-refractivity contribution in [1.82, 2.24) is 14.4 Å². The maximum atomic E-state index is 14.0. The lowest BCUT2D eigenvalue weighted by molar-refractivity contribution is 0.0962. The van der Waals surface area contributed by atoms with Crippen LogP contribution in [0.4, 0.5) is 8.78 Å². The molecule has 1 amide bonds. The number of carbonyl (C=O) groups excluding carboxylic acids is 1. The fourth-order valence-electron chi connectivity index (χ4n) is 3.76. The van der Waals surface area contributed by atoms with Gasteiger partial charge in [0.1, 0.15) is 17.2 Å². The maximum Gasteiger partial charge on any atom is 0.311 e. The summed E-state index contributed by atoms with van der Waals surface area (Å²) in [6.45, 7) is 6.71. The first-order valence-electron chi connectivity index (χ1n) is 9.68. The van der Waals surface area contributed by atoms with Crippen LogP contribution in [0, 0.1) is 23.5 Å². The number of rotatable bonds is 4. The third-order valence-corrected chi connectivity index (χ3v) is 8.55. The van der Waals surface area contributed by atoms with Crippen LogP contribution in [0.2, 0.25) is 0 Å². The molecule has 0 aromatic heterocycles. The minimum absolute atomic E-state index is 0.538. The van der Waals surface area contributed by atoms with E-state index >= 15 is 0 Å². The average molecular weight is 399 g/mol. The van der Waals surface area contributed by atoms with Gasteiger partial charge in [-0.05, 0) is 49.7 Å². The molecule has 2 heterocycles. The van der Waals surface area contributed by atoms with Crippen molar-refractivity contribution in [1.29, 1.82) is 0 Å². The molecule has 8 heteroatoms. The Kier molecular flexibility index (Phi) is 6.34. The summed E-state index contributed by atoms with van der Waals surface area (Å²) in [4.78, 5) is 12.7. The van der Waals surface area contributed by atoms with Crippen LogP contribution >= 0.6 is 7.59 Å². The second-order valence-electron chi connectivity index (χ2n) is 7.85. The topological polar surface area (TPSA) is 52.7 Å². The molecule has 0 radical (unpaired) electrons. The molecular weight excluding hydrogens is 371 g/mol. The Morgan fingerprint density at radius 1 is 0.963 bits per heavy atom. The van der Waals surface area contributed by atoms with Gasteiger partial charge in [0.15, 0.2) is 0 Å². The minimum atomic E-state index is -3.45. The maximum absolute atomic E-state index is 14.0. The molecule has 0 aliphatic carbocycles. The first kappa shape index (κ1) is 20.4. The monoisotopic (exact) mass is 399 g/mol. The molecule has 2 aliphatic heterocycles. The Labute approximate surface area is 159 Å². The van der Waals surface area contributed by atoms with E-state index in [1.165, 1.54) is 6.07 Å². The highest BCUT2D eigenvalue weighted by molar-refractivity contribution is 7.57. The Balaban J connectivity index is 1.87. The fourth-order valence-corrected chi connectivity index (χ4v) is 6.32. The normalized spacial score (nSPS) is 21.3. The molecule has 0 unspecified atom stereocenters. The molecule has 150 valence electrons. The molecule has 2 fully saturated rings. The summed E-state index contributed by atoms with van der Waals surface area (Å²) in [6.07, 6.45) is 3.55. The fraction of sp³-hybridized carbons (Fsp3) is 0.632. The van der Waals surface area contributed by atoms with Crippen LogP contribution in [0.1, 0.15) is 49.9 Å². The third-order valence-electron chi connectivity index (χ3n) is 5.72. The minimum Gasteiger partial charge on any atom is -0.278 e. The zero-order chi connectivity index (χ0) is 19.6. The molecule has 5 nitrogen and oxygen atoms in total. The number of hydrogen-bond donors (Lipinski definition) is 1. The van der Waals surface area contributed by atoms with E-state index in [9.17, 15) is 18.1 Å². The van der Waals surface area contributed by atoms with E-state index in [0.717, 1.165) is 37.8 Å². The van der Waals surface area contributed by atoms with Crippen molar-refractivity contribution in [3.05, 3.63) is 35.4 Å². The highest BCUT2D eigenvalue weighted by Crippen LogP contribution is 2.52. The van der Waals surface area contributed by atoms with Gasteiger partial charge >= 0.3 is 7.59 Å². The van der Waals surface area contributed by atoms with Crippen LogP contribution in [0.5, 0.6) is 0 Å². The second-order valence-corrected chi connectivity index (χ2v) is 10.3. The second kappa shape index (κ2) is 8.38. The summed E-state index contributed by atoms with van der Waals surface area (Å²) < 4.78 is 45.7. The van der Waals surface area contributed by atoms with Gasteiger partial charge in [0.25, 0.3) is 5.91 Å². The van der Waals surface area contributed by atoms with Crippen LogP contribution in [0.15, 0.2) is 18.2 Å². The SMILES string of the molecule is CC1CCN(P(=O)(NC(=O)c2c(F)cccc2F)N2CCC(C)CC2)CC1. The number of nitrogens with one attached hydrogen (secondary N) is 1. The largest absolute Gasteiger partial charge is 0.311 e. The molecule has 3 rings (SSSR count). The lowest BCUT2D eigenvalue weighted by atomic mass is 10.0. The summed E-state index contributed by atoms with van der Waals surface area (Å²) in [5, 5.41) is 2.55. The molecule has 2 aliphatic rings. The van der Waals surface area contributed by atoms with E-state index in [-0.39, 0.29) is 0 Å². The van der Waals surface area contributed by atoms with E-state index in [2.05, 4.69) is 18.9 Å². The summed E-state index contributed by atoms with van der Waals surface area (Å²) in [5.41, 5.74) is -0.673. The quantitative estimate of drug-likeness (QED) is 0.769. The molecule has 27 heavy (non-hydrogen) atoms. The van der Waals surface area contributed by atoms with Gasteiger partial charge in [0.2, 0.25) is 0 Å². The van der Waals surface area contributed by atoms with Crippen molar-refractivity contribution in [3.63, 3.8) is 0 Å². The average Bonchev–Trinajstić information content (AvgIpc) is 2.62. The van der Waals surface area contributed by atoms with Crippen LogP contribution in [-0.4, -0.2) is 41.4 Å². The molecule has 0 spiro atoms. The molecule has 0 saturated carbocycles. The molecule has 0 atom stereocenters. The van der Waals surface area contributed by atoms with Crippen LogP contribution in [-0.2, 0) is 4.57 Å². The zero-order valence-corrected chi connectivity index (χ0v) is 16.9. The summed E-state index contributed by atoms with van der Waals surface area (Å²) >= 11 is 0. The van der Waals surface area contributed by atoms with Crippen molar-refractivity contribution < 1.29 is 18.1 Å². The first-order chi connectivity index (χ1) is 12.8. The van der Waals surface area contributed by atoms with E-state index in [1.54, 1.807) is 0 Å². The third kappa shape index (κ3) is 4.41. The highest BCUT2D eigenvalue weighted by atomic mass is 31.2. The van der Waals surface area contributed by atoms with Gasteiger partial charge in [-0.1, -0.05) is 19.9 Å². The van der Waals surface area contributed by atoms with Crippen molar-refractivity contribution in [3.8, 4) is 0 Å². The molecular formula is C19H28F2N3O2P. The van der Waals surface area contributed by atoms with Gasteiger partial charge in [-0.2, -0.15) is 0 Å². The lowest BCUT2D eigenvalue weighted by Crippen LogP contribution is -2.46. The Hall–Kier alpha value is -1.30. The van der Waals surface area contributed by atoms with Gasteiger partial charge in [-0.15, -0.1) is 0 Å². The summed E-state index contributed by atoms with van der Waals surface area (Å²) in [7, 11) is -3.45. The Bertz CT molecular complexity index is 683. The van der Waals surface area contributed by atoms with E-state index in [4.69, 9.17) is 0 Å². The molecule has 1 aromatic rings. The Morgan fingerprint density at radius 3 is 1.78 bits per heavy atom. The molecule has 2 saturated heterocycles. The predicted octanol–water partition coefficient (Wildman–Crippen LogP) is 4.27. The van der Waals surface area contributed by atoms with Gasteiger partial charge in [-0.25, -0.2) is 18.1 Å². The zero-order valence-electron chi connectivity index (χ0n) is 16.0. The number of carbonyl (C=O) groups is 1. The summed E-state index contributed by atoms with van der Waals surface area (Å²) in [6, 6.07) is 3.28. The number of hydrogen-bond acceptors (Lipinski definition) is 2. The standard InChI is InChI=1S/C19H28F2N3O2P/c1-14-6-10-23(11-7-14)27(26,24-12-8-15(2)9-13-24)22-19(25)18-16(20)4-3-5-17(18)21/h3-5,14-15H,6-13H2,1-2H3,(H,22,25,26). The van der Waals surface area contributed by atoms with Crippen molar-refractivity contribution in [2.45, 2.75) is 39.5 Å². The van der Waals surface area contributed by atoms with Crippen molar-refractivity contribution >= 4 is 13.5 Å². The number of halogens is 2. The van der Waals surface area contributed by atoms with Crippen molar-refractivity contribution in [2.75, 3.05) is 26.2 Å².